The Morgan fingerprint density at radius 2 is 2.09 bits per heavy atom. The Morgan fingerprint density at radius 3 is 2.91 bits per heavy atom. The summed E-state index contributed by atoms with van der Waals surface area (Å²) in [7, 11) is 0. The predicted molar refractivity (Wildman–Crippen MR) is 90.2 cm³/mol. The molecule has 2 N–H and O–H groups in total. The van der Waals surface area contributed by atoms with E-state index in [1.807, 2.05) is 12.1 Å². The second kappa shape index (κ2) is 7.01. The molecule has 2 aromatic carbocycles. The maximum atomic E-state index is 13.0. The van der Waals surface area contributed by atoms with Gasteiger partial charge in [-0.05, 0) is 48.6 Å². The summed E-state index contributed by atoms with van der Waals surface area (Å²) in [6.07, 6.45) is 3.07. The van der Waals surface area contributed by atoms with Gasteiger partial charge in [-0.1, -0.05) is 35.9 Å². The first-order valence-electron chi connectivity index (χ1n) is 7.69. The van der Waals surface area contributed by atoms with Gasteiger partial charge in [0, 0.05) is 0 Å². The number of rotatable bonds is 4. The predicted octanol–water partition coefficient (Wildman–Crippen LogP) is 4.08. The molecule has 0 bridgehead atoms. The molecule has 0 heterocycles. The molecule has 0 radical (unpaired) electrons. The van der Waals surface area contributed by atoms with Gasteiger partial charge < -0.3 is 10.6 Å². The van der Waals surface area contributed by atoms with Crippen LogP contribution in [0.25, 0.3) is 0 Å². The number of carbonyl (C=O) groups is 1. The maximum Gasteiger partial charge on any atom is 0.239 e. The van der Waals surface area contributed by atoms with E-state index in [0.717, 1.165) is 19.3 Å². The molecular weight excluding hydrogens is 315 g/mol. The second-order valence-electron chi connectivity index (χ2n) is 5.69. The zero-order valence-corrected chi connectivity index (χ0v) is 13.4. The van der Waals surface area contributed by atoms with Gasteiger partial charge in [0.1, 0.15) is 5.82 Å². The number of aryl methyl sites for hydroxylation is 1. The van der Waals surface area contributed by atoms with Gasteiger partial charge >= 0.3 is 0 Å². The van der Waals surface area contributed by atoms with Crippen LogP contribution in [0.3, 0.4) is 0 Å². The van der Waals surface area contributed by atoms with Gasteiger partial charge in [0.2, 0.25) is 5.91 Å². The normalized spacial score (nSPS) is 16.5. The summed E-state index contributed by atoms with van der Waals surface area (Å²) in [5.41, 5.74) is 3.05. The van der Waals surface area contributed by atoms with E-state index in [2.05, 4.69) is 22.8 Å². The van der Waals surface area contributed by atoms with Crippen LogP contribution in [0.1, 0.15) is 30.0 Å². The molecular formula is C18H18ClFN2O. The summed E-state index contributed by atoms with van der Waals surface area (Å²) in [4.78, 5) is 12.2. The van der Waals surface area contributed by atoms with E-state index in [0.29, 0.717) is 5.69 Å². The minimum atomic E-state index is -0.399. The molecule has 0 saturated carbocycles. The van der Waals surface area contributed by atoms with Gasteiger partial charge in [-0.15, -0.1) is 0 Å². The summed E-state index contributed by atoms with van der Waals surface area (Å²) >= 11 is 5.94. The molecule has 23 heavy (non-hydrogen) atoms. The first kappa shape index (κ1) is 15.8. The minimum Gasteiger partial charge on any atom is -0.375 e. The number of hydrogen-bond donors (Lipinski definition) is 2. The van der Waals surface area contributed by atoms with Crippen molar-refractivity contribution in [2.24, 2.45) is 0 Å². The standard InChI is InChI=1S/C18H18ClFN2O/c19-15-10-13(20)8-9-17(15)21-11-18(23)22-16-7-3-5-12-4-1-2-6-14(12)16/h1-2,4,6,8-10,16,21H,3,5,7,11H2,(H,22,23). The third kappa shape index (κ3) is 3.82. The van der Waals surface area contributed by atoms with Gasteiger partial charge in [-0.2, -0.15) is 0 Å². The Bertz CT molecular complexity index is 720. The highest BCUT2D eigenvalue weighted by Gasteiger charge is 2.21. The molecule has 1 amide bonds. The topological polar surface area (TPSA) is 41.1 Å². The number of halogens is 2. The number of nitrogens with one attached hydrogen (secondary N) is 2. The van der Waals surface area contributed by atoms with Crippen molar-refractivity contribution < 1.29 is 9.18 Å². The Kier molecular flexibility index (Phi) is 4.82. The molecule has 0 aliphatic heterocycles. The number of hydrogen-bond acceptors (Lipinski definition) is 2. The van der Waals surface area contributed by atoms with E-state index in [4.69, 9.17) is 11.6 Å². The molecule has 0 aromatic heterocycles. The van der Waals surface area contributed by atoms with E-state index in [9.17, 15) is 9.18 Å². The molecule has 1 unspecified atom stereocenters. The van der Waals surface area contributed by atoms with Crippen LogP contribution in [0, 0.1) is 5.82 Å². The van der Waals surface area contributed by atoms with Gasteiger partial charge in [0.15, 0.2) is 0 Å². The number of amides is 1. The minimum absolute atomic E-state index is 0.0536. The average molecular weight is 333 g/mol. The number of carbonyl (C=O) groups excluding carboxylic acids is 1. The SMILES string of the molecule is O=C(CNc1ccc(F)cc1Cl)NC1CCCc2ccccc21. The molecule has 0 spiro atoms. The molecule has 1 aliphatic rings. The fraction of sp³-hybridized carbons (Fsp3) is 0.278. The van der Waals surface area contributed by atoms with Crippen molar-refractivity contribution in [3.05, 3.63) is 64.4 Å². The van der Waals surface area contributed by atoms with Crippen LogP contribution >= 0.6 is 11.6 Å². The lowest BCUT2D eigenvalue weighted by atomic mass is 9.88. The number of benzene rings is 2. The Morgan fingerprint density at radius 1 is 1.26 bits per heavy atom. The van der Waals surface area contributed by atoms with Gasteiger partial charge in [0.05, 0.1) is 23.3 Å². The summed E-state index contributed by atoms with van der Waals surface area (Å²) in [6.45, 7) is 0.101. The third-order valence-electron chi connectivity index (χ3n) is 4.08. The average Bonchev–Trinajstić information content (AvgIpc) is 2.54. The van der Waals surface area contributed by atoms with E-state index < -0.39 is 5.82 Å². The molecule has 3 nitrogen and oxygen atoms in total. The van der Waals surface area contributed by atoms with Crippen molar-refractivity contribution in [1.29, 1.82) is 0 Å². The number of fused-ring (bicyclic) bond motifs is 1. The van der Waals surface area contributed by atoms with Crippen LogP contribution in [0.5, 0.6) is 0 Å². The van der Waals surface area contributed by atoms with Crippen molar-refractivity contribution >= 4 is 23.2 Å². The smallest absolute Gasteiger partial charge is 0.239 e. The molecule has 3 rings (SSSR count). The van der Waals surface area contributed by atoms with Crippen LogP contribution in [0.2, 0.25) is 5.02 Å². The first-order valence-corrected chi connectivity index (χ1v) is 8.07. The lowest BCUT2D eigenvalue weighted by molar-refractivity contribution is -0.120. The van der Waals surface area contributed by atoms with E-state index >= 15 is 0 Å². The highest BCUT2D eigenvalue weighted by atomic mass is 35.5. The highest BCUT2D eigenvalue weighted by Crippen LogP contribution is 2.29. The van der Waals surface area contributed by atoms with Gasteiger partial charge in [-0.3, -0.25) is 4.79 Å². The van der Waals surface area contributed by atoms with Crippen LogP contribution < -0.4 is 10.6 Å². The van der Waals surface area contributed by atoms with E-state index in [1.165, 1.54) is 29.3 Å². The van der Waals surface area contributed by atoms with Crippen molar-refractivity contribution in [2.45, 2.75) is 25.3 Å². The zero-order chi connectivity index (χ0) is 16.2. The van der Waals surface area contributed by atoms with Gasteiger partial charge in [-0.25, -0.2) is 4.39 Å². The highest BCUT2D eigenvalue weighted by molar-refractivity contribution is 6.33. The summed E-state index contributed by atoms with van der Waals surface area (Å²) < 4.78 is 13.0. The van der Waals surface area contributed by atoms with Crippen LogP contribution in [0.15, 0.2) is 42.5 Å². The van der Waals surface area contributed by atoms with Crippen LogP contribution in [0.4, 0.5) is 10.1 Å². The molecule has 2 aromatic rings. The largest absolute Gasteiger partial charge is 0.375 e. The summed E-state index contributed by atoms with van der Waals surface area (Å²) in [6, 6.07) is 12.3. The second-order valence-corrected chi connectivity index (χ2v) is 6.10. The van der Waals surface area contributed by atoms with Crippen molar-refractivity contribution in [3.8, 4) is 0 Å². The fourth-order valence-electron chi connectivity index (χ4n) is 2.96. The van der Waals surface area contributed by atoms with Crippen molar-refractivity contribution in [2.75, 3.05) is 11.9 Å². The van der Waals surface area contributed by atoms with Crippen molar-refractivity contribution in [1.82, 2.24) is 5.32 Å². The molecule has 0 fully saturated rings. The Labute approximate surface area is 139 Å². The van der Waals surface area contributed by atoms with Crippen LogP contribution in [-0.4, -0.2) is 12.5 Å². The Balaban J connectivity index is 1.60. The lowest BCUT2D eigenvalue weighted by Gasteiger charge is -2.26. The molecule has 1 aliphatic carbocycles. The van der Waals surface area contributed by atoms with Gasteiger partial charge in [0.25, 0.3) is 0 Å². The molecule has 1 atom stereocenters. The summed E-state index contributed by atoms with van der Waals surface area (Å²) in [5, 5.41) is 6.27. The maximum absolute atomic E-state index is 13.0. The third-order valence-corrected chi connectivity index (χ3v) is 4.39. The lowest BCUT2D eigenvalue weighted by Crippen LogP contribution is -2.35. The van der Waals surface area contributed by atoms with E-state index in [1.54, 1.807) is 0 Å². The van der Waals surface area contributed by atoms with Crippen LogP contribution in [-0.2, 0) is 11.2 Å². The zero-order valence-electron chi connectivity index (χ0n) is 12.6. The summed E-state index contributed by atoms with van der Waals surface area (Å²) in [5.74, 6) is -0.504. The number of anilines is 1. The first-order chi connectivity index (χ1) is 11.1. The van der Waals surface area contributed by atoms with E-state index in [-0.39, 0.29) is 23.5 Å². The Hall–Kier alpha value is -2.07. The molecule has 5 heteroatoms. The fourth-order valence-corrected chi connectivity index (χ4v) is 3.19. The monoisotopic (exact) mass is 332 g/mol. The molecule has 120 valence electrons. The quantitative estimate of drug-likeness (QED) is 0.885. The molecule has 0 saturated heterocycles. The van der Waals surface area contributed by atoms with Crippen molar-refractivity contribution in [3.63, 3.8) is 0 Å².